The molecule has 1 unspecified atom stereocenters. The molecule has 8 heteroatoms. The molecule has 1 atom stereocenters. The topological polar surface area (TPSA) is 70.5 Å². The van der Waals surface area contributed by atoms with Crippen LogP contribution >= 0.6 is 12.4 Å². The second kappa shape index (κ2) is 7.31. The summed E-state index contributed by atoms with van der Waals surface area (Å²) in [4.78, 5) is 28.5. The summed E-state index contributed by atoms with van der Waals surface area (Å²) < 4.78 is 1.67. The minimum Gasteiger partial charge on any atom is -0.336 e. The van der Waals surface area contributed by atoms with E-state index in [1.807, 2.05) is 23.8 Å². The van der Waals surface area contributed by atoms with Crippen LogP contribution in [0, 0.1) is 6.92 Å². The first-order valence-electron chi connectivity index (χ1n) is 7.86. The molecule has 128 valence electrons. The van der Waals surface area contributed by atoms with Crippen LogP contribution in [0.3, 0.4) is 0 Å². The zero-order chi connectivity index (χ0) is 15.7. The molecular weight excluding hydrogens is 318 g/mol. The quantitative estimate of drug-likeness (QED) is 0.833. The number of carbonyl (C=O) groups excluding carboxylic acids is 2. The van der Waals surface area contributed by atoms with Crippen molar-refractivity contribution in [3.8, 4) is 0 Å². The normalized spacial score (nSPS) is 22.0. The van der Waals surface area contributed by atoms with Crippen LogP contribution in [-0.4, -0.2) is 70.2 Å². The Kier molecular flexibility index (Phi) is 5.64. The zero-order valence-corrected chi connectivity index (χ0v) is 14.4. The molecule has 0 spiro atoms. The van der Waals surface area contributed by atoms with Gasteiger partial charge in [-0.05, 0) is 19.8 Å². The van der Waals surface area contributed by atoms with Gasteiger partial charge < -0.3 is 15.1 Å². The molecule has 1 aromatic heterocycles. The Morgan fingerprint density at radius 3 is 2.83 bits per heavy atom. The summed E-state index contributed by atoms with van der Waals surface area (Å²) in [7, 11) is 1.82. The van der Waals surface area contributed by atoms with Gasteiger partial charge in [0.2, 0.25) is 5.91 Å². The van der Waals surface area contributed by atoms with Crippen LogP contribution in [0.2, 0.25) is 0 Å². The number of piperazine rings is 1. The molecule has 1 N–H and O–H groups in total. The van der Waals surface area contributed by atoms with Crippen LogP contribution in [-0.2, 0) is 11.8 Å². The smallest absolute Gasteiger partial charge is 0.257 e. The molecule has 0 aliphatic carbocycles. The number of carbonyl (C=O) groups is 2. The summed E-state index contributed by atoms with van der Waals surface area (Å²) in [5.74, 6) is 0.168. The second-order valence-corrected chi connectivity index (χ2v) is 6.11. The van der Waals surface area contributed by atoms with Crippen LogP contribution in [0.15, 0.2) is 6.20 Å². The Morgan fingerprint density at radius 1 is 1.39 bits per heavy atom. The van der Waals surface area contributed by atoms with Crippen LogP contribution in [0.1, 0.15) is 28.9 Å². The third-order valence-corrected chi connectivity index (χ3v) is 4.49. The van der Waals surface area contributed by atoms with E-state index in [1.54, 1.807) is 10.9 Å². The standard InChI is InChI=1S/C15H23N5O2.ClH/c1-11-13(10-18(2)17-11)15(22)19-6-3-4-12(9-19)20-7-5-16-8-14(20)21;/h10,12,16H,3-9H2,1-2H3;1H. The van der Waals surface area contributed by atoms with Crippen molar-refractivity contribution in [2.24, 2.45) is 7.05 Å². The van der Waals surface area contributed by atoms with Gasteiger partial charge >= 0.3 is 0 Å². The van der Waals surface area contributed by atoms with Crippen molar-refractivity contribution < 1.29 is 9.59 Å². The third kappa shape index (κ3) is 3.67. The predicted octanol–water partition coefficient (Wildman–Crippen LogP) is 0.187. The number of amides is 2. The van der Waals surface area contributed by atoms with E-state index in [0.29, 0.717) is 18.7 Å². The van der Waals surface area contributed by atoms with Gasteiger partial charge in [0.1, 0.15) is 0 Å². The number of piperidine rings is 1. The maximum atomic E-state index is 12.7. The molecule has 3 heterocycles. The largest absolute Gasteiger partial charge is 0.336 e. The van der Waals surface area contributed by atoms with Crippen LogP contribution in [0.4, 0.5) is 0 Å². The molecule has 0 saturated carbocycles. The van der Waals surface area contributed by atoms with E-state index in [0.717, 1.165) is 38.2 Å². The second-order valence-electron chi connectivity index (χ2n) is 6.11. The lowest BCUT2D eigenvalue weighted by Crippen LogP contribution is -2.57. The maximum absolute atomic E-state index is 12.7. The predicted molar refractivity (Wildman–Crippen MR) is 88.7 cm³/mol. The lowest BCUT2D eigenvalue weighted by Gasteiger charge is -2.41. The number of aryl methyl sites for hydroxylation is 2. The summed E-state index contributed by atoms with van der Waals surface area (Å²) in [6, 6.07) is 0.143. The van der Waals surface area contributed by atoms with Gasteiger partial charge in [0.05, 0.1) is 17.8 Å². The van der Waals surface area contributed by atoms with E-state index in [2.05, 4.69) is 10.4 Å². The average molecular weight is 342 g/mol. The van der Waals surface area contributed by atoms with E-state index < -0.39 is 0 Å². The number of halogens is 1. The number of nitrogens with zero attached hydrogens (tertiary/aromatic N) is 4. The van der Waals surface area contributed by atoms with Crippen molar-refractivity contribution in [3.05, 3.63) is 17.5 Å². The zero-order valence-electron chi connectivity index (χ0n) is 13.6. The Labute approximate surface area is 142 Å². The highest BCUT2D eigenvalue weighted by atomic mass is 35.5. The maximum Gasteiger partial charge on any atom is 0.257 e. The average Bonchev–Trinajstić information content (AvgIpc) is 2.86. The van der Waals surface area contributed by atoms with Gasteiger partial charge in [-0.3, -0.25) is 14.3 Å². The fourth-order valence-electron chi connectivity index (χ4n) is 3.38. The molecule has 7 nitrogen and oxygen atoms in total. The first kappa shape index (κ1) is 17.7. The van der Waals surface area contributed by atoms with Crippen molar-refractivity contribution in [2.75, 3.05) is 32.7 Å². The summed E-state index contributed by atoms with van der Waals surface area (Å²) in [5.41, 5.74) is 1.42. The van der Waals surface area contributed by atoms with Gasteiger partial charge in [-0.2, -0.15) is 5.10 Å². The SMILES string of the molecule is Cc1nn(C)cc1C(=O)N1CCCC(N2CCNCC2=O)C1.Cl. The number of aromatic nitrogens is 2. The molecule has 0 bridgehead atoms. The summed E-state index contributed by atoms with van der Waals surface area (Å²) in [5, 5.41) is 7.34. The lowest BCUT2D eigenvalue weighted by atomic mass is 10.0. The van der Waals surface area contributed by atoms with Crippen molar-refractivity contribution in [2.45, 2.75) is 25.8 Å². The minimum absolute atomic E-state index is 0. The van der Waals surface area contributed by atoms with E-state index >= 15 is 0 Å². The molecule has 2 amide bonds. The number of likely N-dealkylation sites (tertiary alicyclic amines) is 1. The van der Waals surface area contributed by atoms with Crippen molar-refractivity contribution >= 4 is 24.2 Å². The number of rotatable bonds is 2. The fraction of sp³-hybridized carbons (Fsp3) is 0.667. The monoisotopic (exact) mass is 341 g/mol. The van der Waals surface area contributed by atoms with Crippen LogP contribution in [0.25, 0.3) is 0 Å². The van der Waals surface area contributed by atoms with E-state index in [-0.39, 0.29) is 30.3 Å². The molecule has 23 heavy (non-hydrogen) atoms. The Morgan fingerprint density at radius 2 is 2.17 bits per heavy atom. The molecule has 3 rings (SSSR count). The van der Waals surface area contributed by atoms with E-state index in [1.165, 1.54) is 0 Å². The highest BCUT2D eigenvalue weighted by Crippen LogP contribution is 2.19. The van der Waals surface area contributed by atoms with Crippen LogP contribution in [0.5, 0.6) is 0 Å². The van der Waals surface area contributed by atoms with Crippen molar-refractivity contribution in [1.29, 1.82) is 0 Å². The fourth-order valence-corrected chi connectivity index (χ4v) is 3.38. The first-order valence-corrected chi connectivity index (χ1v) is 7.86. The minimum atomic E-state index is 0. The highest BCUT2D eigenvalue weighted by molar-refractivity contribution is 5.95. The first-order chi connectivity index (χ1) is 10.6. The Hall–Kier alpha value is -1.60. The molecule has 0 radical (unpaired) electrons. The Bertz CT molecular complexity index is 588. The van der Waals surface area contributed by atoms with Gasteiger partial charge in [-0.15, -0.1) is 12.4 Å². The molecule has 1 aromatic rings. The molecule has 2 fully saturated rings. The van der Waals surface area contributed by atoms with Gasteiger partial charge in [0.15, 0.2) is 0 Å². The van der Waals surface area contributed by atoms with Crippen molar-refractivity contribution in [1.82, 2.24) is 24.9 Å². The summed E-state index contributed by atoms with van der Waals surface area (Å²) in [6.07, 6.45) is 3.69. The highest BCUT2D eigenvalue weighted by Gasteiger charge is 2.32. The van der Waals surface area contributed by atoms with Gasteiger partial charge in [-0.1, -0.05) is 0 Å². The van der Waals surface area contributed by atoms with E-state index in [4.69, 9.17) is 0 Å². The number of hydrogen-bond acceptors (Lipinski definition) is 4. The Balaban J connectivity index is 0.00000192. The molecule has 2 saturated heterocycles. The summed E-state index contributed by atoms with van der Waals surface area (Å²) in [6.45, 7) is 5.21. The van der Waals surface area contributed by atoms with Gasteiger partial charge in [0, 0.05) is 45.5 Å². The van der Waals surface area contributed by atoms with Gasteiger partial charge in [0.25, 0.3) is 5.91 Å². The third-order valence-electron chi connectivity index (χ3n) is 4.49. The van der Waals surface area contributed by atoms with Crippen molar-refractivity contribution in [3.63, 3.8) is 0 Å². The molecule has 2 aliphatic heterocycles. The molecule has 2 aliphatic rings. The van der Waals surface area contributed by atoms with Gasteiger partial charge in [-0.25, -0.2) is 0 Å². The molecule has 0 aromatic carbocycles. The summed E-state index contributed by atoms with van der Waals surface area (Å²) >= 11 is 0. The lowest BCUT2D eigenvalue weighted by molar-refractivity contribution is -0.135. The number of hydrogen-bond donors (Lipinski definition) is 1. The van der Waals surface area contributed by atoms with Crippen LogP contribution < -0.4 is 5.32 Å². The molecular formula is C15H24ClN5O2. The van der Waals surface area contributed by atoms with E-state index in [9.17, 15) is 9.59 Å². The number of nitrogens with one attached hydrogen (secondary N) is 1.